The number of hydrogen-bond acceptors (Lipinski definition) is 3. The highest BCUT2D eigenvalue weighted by molar-refractivity contribution is 7.89. The maximum Gasteiger partial charge on any atom is 0.255 e. The third-order valence-corrected chi connectivity index (χ3v) is 4.90. The van der Waals surface area contributed by atoms with Gasteiger partial charge in [0.1, 0.15) is 5.82 Å². The molecule has 7 heteroatoms. The average molecular weight is 350 g/mol. The Morgan fingerprint density at radius 3 is 2.50 bits per heavy atom. The fourth-order valence-electron chi connectivity index (χ4n) is 2.11. The van der Waals surface area contributed by atoms with Crippen LogP contribution in [0.15, 0.2) is 47.4 Å². The van der Waals surface area contributed by atoms with Gasteiger partial charge in [-0.2, -0.15) is 0 Å². The summed E-state index contributed by atoms with van der Waals surface area (Å²) in [6, 6.07) is 9.49. The number of nitrogens with one attached hydrogen (secondary N) is 2. The lowest BCUT2D eigenvalue weighted by atomic mass is 10.1. The fraction of sp³-hybridized carbons (Fsp3) is 0.235. The van der Waals surface area contributed by atoms with E-state index in [1.54, 1.807) is 26.8 Å². The lowest BCUT2D eigenvalue weighted by Gasteiger charge is -2.11. The molecule has 2 aromatic rings. The van der Waals surface area contributed by atoms with E-state index in [-0.39, 0.29) is 16.5 Å². The van der Waals surface area contributed by atoms with E-state index in [0.29, 0.717) is 11.3 Å². The summed E-state index contributed by atoms with van der Waals surface area (Å²) < 4.78 is 40.1. The molecule has 0 saturated heterocycles. The van der Waals surface area contributed by atoms with Crippen molar-refractivity contribution < 1.29 is 17.6 Å². The molecule has 5 nitrogen and oxygen atoms in total. The number of carbonyl (C=O) groups excluding carboxylic acids is 1. The molecule has 0 atom stereocenters. The molecule has 1 amide bonds. The first-order chi connectivity index (χ1) is 11.2. The minimum absolute atomic E-state index is 0.000172. The number of halogens is 1. The number of anilines is 1. The van der Waals surface area contributed by atoms with Crippen LogP contribution in [-0.4, -0.2) is 20.4 Å². The van der Waals surface area contributed by atoms with E-state index in [4.69, 9.17) is 0 Å². The maximum atomic E-state index is 13.3. The Morgan fingerprint density at radius 1 is 1.12 bits per heavy atom. The van der Waals surface area contributed by atoms with Crippen molar-refractivity contribution in [2.45, 2.75) is 31.7 Å². The molecule has 2 N–H and O–H groups in total. The van der Waals surface area contributed by atoms with Gasteiger partial charge in [-0.05, 0) is 56.7 Å². The van der Waals surface area contributed by atoms with Gasteiger partial charge in [0.05, 0.1) is 4.90 Å². The van der Waals surface area contributed by atoms with Gasteiger partial charge in [0, 0.05) is 17.3 Å². The SMILES string of the molecule is Cc1ccc(F)cc1NC(=O)c1cccc(S(=O)(=O)NC(C)C)c1. The zero-order valence-corrected chi connectivity index (χ0v) is 14.4. The summed E-state index contributed by atoms with van der Waals surface area (Å²) in [5, 5.41) is 2.59. The first-order valence-electron chi connectivity index (χ1n) is 7.39. The number of sulfonamides is 1. The molecule has 0 bridgehead atoms. The van der Waals surface area contributed by atoms with Crippen LogP contribution < -0.4 is 10.0 Å². The second kappa shape index (κ2) is 7.11. The highest BCUT2D eigenvalue weighted by Crippen LogP contribution is 2.18. The molecule has 0 radical (unpaired) electrons. The number of benzene rings is 2. The predicted molar refractivity (Wildman–Crippen MR) is 91.0 cm³/mol. The van der Waals surface area contributed by atoms with Crippen LogP contribution in [0.5, 0.6) is 0 Å². The summed E-state index contributed by atoms with van der Waals surface area (Å²) in [4.78, 5) is 12.3. The molecule has 2 aromatic carbocycles. The summed E-state index contributed by atoms with van der Waals surface area (Å²) >= 11 is 0. The third-order valence-electron chi connectivity index (χ3n) is 3.25. The number of aryl methyl sites for hydroxylation is 1. The summed E-state index contributed by atoms with van der Waals surface area (Å²) in [5.41, 5.74) is 1.22. The largest absolute Gasteiger partial charge is 0.322 e. The molecule has 0 aliphatic rings. The second-order valence-electron chi connectivity index (χ2n) is 5.72. The molecule has 0 saturated carbocycles. The monoisotopic (exact) mass is 350 g/mol. The van der Waals surface area contributed by atoms with Crippen LogP contribution in [0.25, 0.3) is 0 Å². The van der Waals surface area contributed by atoms with Crippen molar-refractivity contribution in [3.63, 3.8) is 0 Å². The summed E-state index contributed by atoms with van der Waals surface area (Å²) in [5.74, 6) is -0.973. The van der Waals surface area contributed by atoms with E-state index >= 15 is 0 Å². The van der Waals surface area contributed by atoms with Gasteiger partial charge in [0.15, 0.2) is 0 Å². The van der Waals surface area contributed by atoms with Crippen molar-refractivity contribution in [3.05, 3.63) is 59.4 Å². The highest BCUT2D eigenvalue weighted by atomic mass is 32.2. The minimum Gasteiger partial charge on any atom is -0.322 e. The van der Waals surface area contributed by atoms with E-state index in [2.05, 4.69) is 10.0 Å². The van der Waals surface area contributed by atoms with Gasteiger partial charge >= 0.3 is 0 Å². The number of hydrogen-bond donors (Lipinski definition) is 2. The predicted octanol–water partition coefficient (Wildman–Crippen LogP) is 3.07. The number of amides is 1. The van der Waals surface area contributed by atoms with E-state index in [1.165, 1.54) is 36.4 Å². The Kier molecular flexibility index (Phi) is 5.36. The zero-order chi connectivity index (χ0) is 17.9. The first kappa shape index (κ1) is 18.1. The average Bonchev–Trinajstić information content (AvgIpc) is 2.50. The van der Waals surface area contributed by atoms with Gasteiger partial charge in [-0.15, -0.1) is 0 Å². The van der Waals surface area contributed by atoms with E-state index in [9.17, 15) is 17.6 Å². The quantitative estimate of drug-likeness (QED) is 0.870. The van der Waals surface area contributed by atoms with Gasteiger partial charge in [0.25, 0.3) is 5.91 Å². The standard InChI is InChI=1S/C17H19FN2O3S/c1-11(2)20-24(22,23)15-6-4-5-13(9-15)17(21)19-16-10-14(18)8-7-12(16)3/h4-11,20H,1-3H3,(H,19,21). The van der Waals surface area contributed by atoms with Crippen LogP contribution in [0.4, 0.5) is 10.1 Å². The van der Waals surface area contributed by atoms with E-state index in [0.717, 1.165) is 0 Å². The van der Waals surface area contributed by atoms with Crippen molar-refractivity contribution in [1.29, 1.82) is 0 Å². The lowest BCUT2D eigenvalue weighted by Crippen LogP contribution is -2.30. The molecule has 128 valence electrons. The van der Waals surface area contributed by atoms with Gasteiger partial charge in [0.2, 0.25) is 10.0 Å². The normalized spacial score (nSPS) is 11.5. The van der Waals surface area contributed by atoms with Crippen molar-refractivity contribution in [2.75, 3.05) is 5.32 Å². The van der Waals surface area contributed by atoms with Crippen molar-refractivity contribution in [1.82, 2.24) is 4.72 Å². The fourth-order valence-corrected chi connectivity index (χ4v) is 3.40. The number of carbonyl (C=O) groups is 1. The number of rotatable bonds is 5. The zero-order valence-electron chi connectivity index (χ0n) is 13.6. The van der Waals surface area contributed by atoms with Crippen LogP contribution in [-0.2, 0) is 10.0 Å². The van der Waals surface area contributed by atoms with Crippen molar-refractivity contribution >= 4 is 21.6 Å². The van der Waals surface area contributed by atoms with E-state index in [1.807, 2.05) is 0 Å². The van der Waals surface area contributed by atoms with Gasteiger partial charge < -0.3 is 5.32 Å². The van der Waals surface area contributed by atoms with Crippen molar-refractivity contribution in [3.8, 4) is 0 Å². The molecule has 0 aliphatic carbocycles. The molecule has 0 aromatic heterocycles. The summed E-state index contributed by atoms with van der Waals surface area (Å²) in [7, 11) is -3.69. The Bertz CT molecular complexity index is 864. The summed E-state index contributed by atoms with van der Waals surface area (Å²) in [6.45, 7) is 5.16. The molecule has 2 rings (SSSR count). The van der Waals surface area contributed by atoms with E-state index < -0.39 is 21.7 Å². The van der Waals surface area contributed by atoms with Crippen LogP contribution in [0.2, 0.25) is 0 Å². The molecule has 0 heterocycles. The molecule has 0 fully saturated rings. The van der Waals surface area contributed by atoms with Gasteiger partial charge in [-0.25, -0.2) is 17.5 Å². The molecule has 24 heavy (non-hydrogen) atoms. The highest BCUT2D eigenvalue weighted by Gasteiger charge is 2.17. The Balaban J connectivity index is 2.28. The second-order valence-corrected chi connectivity index (χ2v) is 7.43. The van der Waals surface area contributed by atoms with Gasteiger partial charge in [-0.1, -0.05) is 12.1 Å². The van der Waals surface area contributed by atoms with Crippen LogP contribution >= 0.6 is 0 Å². The third kappa shape index (κ3) is 4.39. The Hall–Kier alpha value is -2.25. The molecule has 0 aliphatic heterocycles. The van der Waals surface area contributed by atoms with Crippen LogP contribution in [0.3, 0.4) is 0 Å². The van der Waals surface area contributed by atoms with Crippen LogP contribution in [0.1, 0.15) is 29.8 Å². The smallest absolute Gasteiger partial charge is 0.255 e. The van der Waals surface area contributed by atoms with Crippen LogP contribution in [0, 0.1) is 12.7 Å². The summed E-state index contributed by atoms with van der Waals surface area (Å²) in [6.07, 6.45) is 0. The van der Waals surface area contributed by atoms with Gasteiger partial charge in [-0.3, -0.25) is 4.79 Å². The molecular formula is C17H19FN2O3S. The molecule has 0 unspecified atom stereocenters. The lowest BCUT2D eigenvalue weighted by molar-refractivity contribution is 0.102. The topological polar surface area (TPSA) is 75.3 Å². The maximum absolute atomic E-state index is 13.3. The molecular weight excluding hydrogens is 331 g/mol. The van der Waals surface area contributed by atoms with Crippen molar-refractivity contribution in [2.24, 2.45) is 0 Å². The Morgan fingerprint density at radius 2 is 1.83 bits per heavy atom. The Labute approximate surface area is 141 Å². The molecule has 0 spiro atoms. The first-order valence-corrected chi connectivity index (χ1v) is 8.87. The minimum atomic E-state index is -3.69.